The van der Waals surface area contributed by atoms with Gasteiger partial charge in [0.25, 0.3) is 0 Å². The van der Waals surface area contributed by atoms with Crippen molar-refractivity contribution in [2.24, 2.45) is 0 Å². The van der Waals surface area contributed by atoms with Gasteiger partial charge in [-0.05, 0) is 26.2 Å². The van der Waals surface area contributed by atoms with Crippen molar-refractivity contribution in [1.29, 1.82) is 0 Å². The van der Waals surface area contributed by atoms with E-state index in [1.165, 1.54) is 12.0 Å². The third-order valence-corrected chi connectivity index (χ3v) is 4.41. The third-order valence-electron chi connectivity index (χ3n) is 4.41. The van der Waals surface area contributed by atoms with Crippen LogP contribution in [-0.2, 0) is 0 Å². The SMILES string of the molecule is Cc1ccc(-c2cnc3nc(N)nc(N4CCCCC4)c3n2)cc1. The van der Waals surface area contributed by atoms with E-state index in [0.717, 1.165) is 48.5 Å². The molecule has 6 nitrogen and oxygen atoms in total. The van der Waals surface area contributed by atoms with Gasteiger partial charge in [-0.3, -0.25) is 0 Å². The van der Waals surface area contributed by atoms with Crippen LogP contribution in [0.25, 0.3) is 22.4 Å². The summed E-state index contributed by atoms with van der Waals surface area (Å²) >= 11 is 0. The van der Waals surface area contributed by atoms with Gasteiger partial charge in [0.1, 0.15) is 0 Å². The Morgan fingerprint density at radius 3 is 2.46 bits per heavy atom. The van der Waals surface area contributed by atoms with Crippen molar-refractivity contribution >= 4 is 22.9 Å². The second-order valence-corrected chi connectivity index (χ2v) is 6.25. The van der Waals surface area contributed by atoms with E-state index in [9.17, 15) is 0 Å². The van der Waals surface area contributed by atoms with E-state index in [-0.39, 0.29) is 5.95 Å². The molecule has 6 heteroatoms. The van der Waals surface area contributed by atoms with Crippen molar-refractivity contribution in [2.75, 3.05) is 23.7 Å². The number of nitrogen functional groups attached to an aromatic ring is 1. The zero-order valence-electron chi connectivity index (χ0n) is 13.7. The number of fused-ring (bicyclic) bond motifs is 1. The highest BCUT2D eigenvalue weighted by molar-refractivity contribution is 5.85. The first-order valence-corrected chi connectivity index (χ1v) is 8.33. The van der Waals surface area contributed by atoms with Crippen molar-refractivity contribution in [3.05, 3.63) is 36.0 Å². The molecule has 2 N–H and O–H groups in total. The van der Waals surface area contributed by atoms with E-state index >= 15 is 0 Å². The Balaban J connectivity index is 1.85. The monoisotopic (exact) mass is 320 g/mol. The van der Waals surface area contributed by atoms with Crippen LogP contribution in [0.5, 0.6) is 0 Å². The summed E-state index contributed by atoms with van der Waals surface area (Å²) in [5, 5.41) is 0. The lowest BCUT2D eigenvalue weighted by Gasteiger charge is -2.28. The fourth-order valence-corrected chi connectivity index (χ4v) is 3.10. The van der Waals surface area contributed by atoms with Crippen molar-refractivity contribution in [3.8, 4) is 11.3 Å². The predicted octanol–water partition coefficient (Wildman–Crippen LogP) is 2.97. The summed E-state index contributed by atoms with van der Waals surface area (Å²) in [4.78, 5) is 20.2. The number of aromatic nitrogens is 4. The maximum absolute atomic E-state index is 5.88. The fraction of sp³-hybridized carbons (Fsp3) is 0.333. The second-order valence-electron chi connectivity index (χ2n) is 6.25. The molecule has 0 amide bonds. The highest BCUT2D eigenvalue weighted by Gasteiger charge is 2.18. The molecular formula is C18H20N6. The molecule has 0 radical (unpaired) electrons. The molecule has 1 aliphatic rings. The van der Waals surface area contributed by atoms with Gasteiger partial charge >= 0.3 is 0 Å². The lowest BCUT2D eigenvalue weighted by molar-refractivity contribution is 0.574. The smallest absolute Gasteiger partial charge is 0.224 e. The number of hydrogen-bond donors (Lipinski definition) is 1. The van der Waals surface area contributed by atoms with Gasteiger partial charge in [-0.15, -0.1) is 0 Å². The number of piperidine rings is 1. The van der Waals surface area contributed by atoms with Gasteiger partial charge in [-0.2, -0.15) is 9.97 Å². The van der Waals surface area contributed by atoms with Crippen LogP contribution >= 0.6 is 0 Å². The van der Waals surface area contributed by atoms with Crippen LogP contribution in [0.15, 0.2) is 30.5 Å². The normalized spacial score (nSPS) is 15.0. The molecule has 1 saturated heterocycles. The van der Waals surface area contributed by atoms with E-state index in [2.05, 4.69) is 51.0 Å². The first-order chi connectivity index (χ1) is 11.7. The zero-order valence-corrected chi connectivity index (χ0v) is 13.7. The van der Waals surface area contributed by atoms with E-state index in [1.54, 1.807) is 6.20 Å². The maximum atomic E-state index is 5.88. The topological polar surface area (TPSA) is 80.8 Å². The molecule has 3 aromatic rings. The fourth-order valence-electron chi connectivity index (χ4n) is 3.10. The van der Waals surface area contributed by atoms with Crippen LogP contribution in [-0.4, -0.2) is 33.0 Å². The van der Waals surface area contributed by atoms with Gasteiger partial charge in [0.15, 0.2) is 17.0 Å². The minimum absolute atomic E-state index is 0.250. The Hall–Kier alpha value is -2.76. The Kier molecular flexibility index (Phi) is 3.72. The average Bonchev–Trinajstić information content (AvgIpc) is 2.62. The molecule has 4 rings (SSSR count). The number of anilines is 2. The van der Waals surface area contributed by atoms with Crippen LogP contribution < -0.4 is 10.6 Å². The molecule has 122 valence electrons. The minimum Gasteiger partial charge on any atom is -0.368 e. The van der Waals surface area contributed by atoms with E-state index in [0.29, 0.717) is 5.65 Å². The van der Waals surface area contributed by atoms with E-state index in [4.69, 9.17) is 10.7 Å². The highest BCUT2D eigenvalue weighted by Crippen LogP contribution is 2.27. The van der Waals surface area contributed by atoms with Crippen LogP contribution in [0.1, 0.15) is 24.8 Å². The summed E-state index contributed by atoms with van der Waals surface area (Å²) in [5.41, 5.74) is 10.2. The first kappa shape index (κ1) is 14.8. The Bertz CT molecular complexity index is 869. The Morgan fingerprint density at radius 2 is 1.71 bits per heavy atom. The van der Waals surface area contributed by atoms with Crippen LogP contribution in [0.3, 0.4) is 0 Å². The molecule has 1 fully saturated rings. The highest BCUT2D eigenvalue weighted by atomic mass is 15.2. The molecule has 0 saturated carbocycles. The Morgan fingerprint density at radius 1 is 0.958 bits per heavy atom. The second kappa shape index (κ2) is 6.03. The molecule has 3 heterocycles. The molecule has 0 unspecified atom stereocenters. The molecule has 0 aliphatic carbocycles. The summed E-state index contributed by atoms with van der Waals surface area (Å²) < 4.78 is 0. The molecule has 1 aliphatic heterocycles. The van der Waals surface area contributed by atoms with Crippen molar-refractivity contribution < 1.29 is 0 Å². The molecule has 24 heavy (non-hydrogen) atoms. The van der Waals surface area contributed by atoms with Crippen LogP contribution in [0.4, 0.5) is 11.8 Å². The third kappa shape index (κ3) is 2.75. The number of nitrogens with zero attached hydrogens (tertiary/aromatic N) is 5. The van der Waals surface area contributed by atoms with Gasteiger partial charge in [-0.1, -0.05) is 29.8 Å². The van der Waals surface area contributed by atoms with Crippen molar-refractivity contribution in [3.63, 3.8) is 0 Å². The summed E-state index contributed by atoms with van der Waals surface area (Å²) in [6.07, 6.45) is 5.34. The number of hydrogen-bond acceptors (Lipinski definition) is 6. The van der Waals surface area contributed by atoms with Gasteiger partial charge in [0.05, 0.1) is 11.9 Å². The van der Waals surface area contributed by atoms with Crippen LogP contribution in [0, 0.1) is 6.92 Å². The minimum atomic E-state index is 0.250. The van der Waals surface area contributed by atoms with Gasteiger partial charge in [0.2, 0.25) is 5.95 Å². The lowest BCUT2D eigenvalue weighted by Crippen LogP contribution is -2.30. The summed E-state index contributed by atoms with van der Waals surface area (Å²) in [5.74, 6) is 1.05. The number of benzene rings is 1. The molecule has 0 spiro atoms. The van der Waals surface area contributed by atoms with Gasteiger partial charge < -0.3 is 10.6 Å². The van der Waals surface area contributed by atoms with Gasteiger partial charge in [-0.25, -0.2) is 9.97 Å². The summed E-state index contributed by atoms with van der Waals surface area (Å²) in [7, 11) is 0. The standard InChI is InChI=1S/C18H20N6/c1-12-5-7-13(8-6-12)14-11-20-16-15(21-14)17(23-18(19)22-16)24-9-3-2-4-10-24/h5-8,11H,2-4,9-10H2,1H3,(H2,19,20,22,23). The number of nitrogens with two attached hydrogens (primary N) is 1. The molecule has 2 aromatic heterocycles. The largest absolute Gasteiger partial charge is 0.368 e. The van der Waals surface area contributed by atoms with E-state index in [1.807, 2.05) is 0 Å². The van der Waals surface area contributed by atoms with Gasteiger partial charge in [0, 0.05) is 18.7 Å². The Labute approximate surface area is 140 Å². The van der Waals surface area contributed by atoms with Crippen molar-refractivity contribution in [2.45, 2.75) is 26.2 Å². The lowest BCUT2D eigenvalue weighted by atomic mass is 10.1. The first-order valence-electron chi connectivity index (χ1n) is 8.33. The summed E-state index contributed by atoms with van der Waals surface area (Å²) in [6, 6.07) is 8.27. The molecular weight excluding hydrogens is 300 g/mol. The molecule has 0 atom stereocenters. The maximum Gasteiger partial charge on any atom is 0.224 e. The van der Waals surface area contributed by atoms with E-state index < -0.39 is 0 Å². The average molecular weight is 320 g/mol. The predicted molar refractivity (Wildman–Crippen MR) is 95.8 cm³/mol. The quantitative estimate of drug-likeness (QED) is 0.782. The zero-order chi connectivity index (χ0) is 16.5. The number of rotatable bonds is 2. The molecule has 0 bridgehead atoms. The van der Waals surface area contributed by atoms with Crippen LogP contribution in [0.2, 0.25) is 0 Å². The number of aryl methyl sites for hydroxylation is 1. The van der Waals surface area contributed by atoms with Crippen molar-refractivity contribution in [1.82, 2.24) is 19.9 Å². The molecule has 1 aromatic carbocycles. The summed E-state index contributed by atoms with van der Waals surface area (Å²) in [6.45, 7) is 4.02.